The predicted octanol–water partition coefficient (Wildman–Crippen LogP) is 3.53. The molecule has 2 aromatic heterocycles. The first kappa shape index (κ1) is 13.8. The van der Waals surface area contributed by atoms with E-state index in [9.17, 15) is 4.79 Å². The van der Waals surface area contributed by atoms with Gasteiger partial charge in [0, 0.05) is 29.9 Å². The van der Waals surface area contributed by atoms with Crippen LogP contribution in [0.15, 0.2) is 42.7 Å². The zero-order valence-corrected chi connectivity index (χ0v) is 12.3. The quantitative estimate of drug-likeness (QED) is 0.692. The minimum absolute atomic E-state index is 0.0473. The molecule has 0 fully saturated rings. The summed E-state index contributed by atoms with van der Waals surface area (Å²) in [6.45, 7) is 2.80. The fourth-order valence-corrected chi connectivity index (χ4v) is 2.64. The minimum Gasteiger partial charge on any atom is -0.294 e. The van der Waals surface area contributed by atoms with E-state index in [0.717, 1.165) is 23.1 Å². The molecule has 3 rings (SSSR count). The fraction of sp³-hybridized carbons (Fsp3) is 0.188. The topological polar surface area (TPSA) is 47.8 Å². The van der Waals surface area contributed by atoms with Gasteiger partial charge in [-0.2, -0.15) is 5.10 Å². The number of hydrogen-bond acceptors (Lipinski definition) is 3. The number of fused-ring (bicyclic) bond motifs is 1. The number of para-hydroxylation sites is 1. The van der Waals surface area contributed by atoms with Gasteiger partial charge in [0.2, 0.25) is 0 Å². The highest BCUT2D eigenvalue weighted by molar-refractivity contribution is 6.33. The Bertz CT molecular complexity index is 810. The molecule has 3 aromatic rings. The lowest BCUT2D eigenvalue weighted by Crippen LogP contribution is -2.06. The molecule has 0 radical (unpaired) electrons. The van der Waals surface area contributed by atoms with Crippen LogP contribution in [0.1, 0.15) is 23.0 Å². The molecule has 0 N–H and O–H groups in total. The molecule has 0 spiro atoms. The fourth-order valence-electron chi connectivity index (χ4n) is 2.42. The predicted molar refractivity (Wildman–Crippen MR) is 82.7 cm³/mol. The van der Waals surface area contributed by atoms with E-state index >= 15 is 0 Å². The normalized spacial score (nSPS) is 11.0. The molecule has 2 heterocycles. The van der Waals surface area contributed by atoms with Crippen molar-refractivity contribution in [2.24, 2.45) is 0 Å². The van der Waals surface area contributed by atoms with Gasteiger partial charge >= 0.3 is 0 Å². The number of hydrogen-bond donors (Lipinski definition) is 0. The van der Waals surface area contributed by atoms with Crippen LogP contribution >= 0.6 is 11.6 Å². The lowest BCUT2D eigenvalue weighted by atomic mass is 10.1. The molecule has 0 unspecified atom stereocenters. The second-order valence-electron chi connectivity index (χ2n) is 4.74. The van der Waals surface area contributed by atoms with E-state index in [4.69, 9.17) is 11.6 Å². The average molecular weight is 300 g/mol. The number of rotatable bonds is 4. The van der Waals surface area contributed by atoms with Crippen molar-refractivity contribution in [3.05, 3.63) is 59.0 Å². The standard InChI is InChI=1S/C16H14ClN3O/c1-2-20-15-6-4-3-5-12(15)14(19-20)9-16(21)11-7-8-18-10-13(11)17/h3-8,10H,2,9H2,1H3. The third kappa shape index (κ3) is 2.54. The Labute approximate surface area is 127 Å². The Morgan fingerprint density at radius 1 is 1.29 bits per heavy atom. The maximum Gasteiger partial charge on any atom is 0.170 e. The molecule has 0 saturated heterocycles. The van der Waals surface area contributed by atoms with Gasteiger partial charge in [0.15, 0.2) is 5.78 Å². The second kappa shape index (κ2) is 5.66. The van der Waals surface area contributed by atoms with Gasteiger partial charge in [-0.15, -0.1) is 0 Å². The van der Waals surface area contributed by atoms with Crippen molar-refractivity contribution in [2.75, 3.05) is 0 Å². The maximum atomic E-state index is 12.4. The SMILES string of the molecule is CCn1nc(CC(=O)c2ccncc2Cl)c2ccccc21. The summed E-state index contributed by atoms with van der Waals surface area (Å²) in [5.41, 5.74) is 2.32. The van der Waals surface area contributed by atoms with Crippen molar-refractivity contribution in [3.63, 3.8) is 0 Å². The van der Waals surface area contributed by atoms with Crippen LogP contribution in [-0.4, -0.2) is 20.5 Å². The Kier molecular flexibility index (Phi) is 3.71. The van der Waals surface area contributed by atoms with E-state index in [0.29, 0.717) is 10.6 Å². The Balaban J connectivity index is 1.99. The van der Waals surface area contributed by atoms with E-state index in [-0.39, 0.29) is 12.2 Å². The van der Waals surface area contributed by atoms with Crippen LogP contribution < -0.4 is 0 Å². The minimum atomic E-state index is -0.0473. The zero-order valence-electron chi connectivity index (χ0n) is 11.6. The molecule has 0 bridgehead atoms. The Morgan fingerprint density at radius 2 is 2.10 bits per heavy atom. The first-order valence-corrected chi connectivity index (χ1v) is 7.15. The van der Waals surface area contributed by atoms with Gasteiger partial charge in [0.1, 0.15) is 0 Å². The summed E-state index contributed by atoms with van der Waals surface area (Å²) < 4.78 is 1.91. The molecule has 0 aliphatic carbocycles. The number of ketones is 1. The summed E-state index contributed by atoms with van der Waals surface area (Å²) in [6, 6.07) is 9.58. The van der Waals surface area contributed by atoms with Gasteiger partial charge in [-0.1, -0.05) is 29.8 Å². The molecule has 5 heteroatoms. The van der Waals surface area contributed by atoms with Crippen molar-refractivity contribution in [1.29, 1.82) is 0 Å². The molecule has 0 saturated carbocycles. The number of carbonyl (C=O) groups excluding carboxylic acids is 1. The lowest BCUT2D eigenvalue weighted by Gasteiger charge is -2.01. The van der Waals surface area contributed by atoms with Crippen LogP contribution in [0.3, 0.4) is 0 Å². The van der Waals surface area contributed by atoms with Gasteiger partial charge < -0.3 is 0 Å². The van der Waals surface area contributed by atoms with Gasteiger partial charge in [-0.3, -0.25) is 14.5 Å². The second-order valence-corrected chi connectivity index (χ2v) is 5.14. The van der Waals surface area contributed by atoms with Crippen LogP contribution in [-0.2, 0) is 13.0 Å². The molecular formula is C16H14ClN3O. The maximum absolute atomic E-state index is 12.4. The highest BCUT2D eigenvalue weighted by Crippen LogP contribution is 2.21. The number of carbonyl (C=O) groups is 1. The molecule has 4 nitrogen and oxygen atoms in total. The van der Waals surface area contributed by atoms with Gasteiger partial charge in [-0.05, 0) is 19.1 Å². The number of aromatic nitrogens is 3. The summed E-state index contributed by atoms with van der Waals surface area (Å²) in [5, 5.41) is 5.93. The summed E-state index contributed by atoms with van der Waals surface area (Å²) in [6.07, 6.45) is 3.29. The number of nitrogens with zero attached hydrogens (tertiary/aromatic N) is 3. The molecule has 0 aliphatic heterocycles. The molecule has 106 valence electrons. The molecule has 0 atom stereocenters. The van der Waals surface area contributed by atoms with Crippen LogP contribution in [0.4, 0.5) is 0 Å². The third-order valence-electron chi connectivity index (χ3n) is 3.43. The summed E-state index contributed by atoms with van der Waals surface area (Å²) >= 11 is 6.03. The monoisotopic (exact) mass is 299 g/mol. The summed E-state index contributed by atoms with van der Waals surface area (Å²) in [4.78, 5) is 16.3. The number of aryl methyl sites for hydroxylation is 1. The van der Waals surface area contributed by atoms with Crippen molar-refractivity contribution in [3.8, 4) is 0 Å². The van der Waals surface area contributed by atoms with Crippen molar-refractivity contribution in [1.82, 2.24) is 14.8 Å². The highest BCUT2D eigenvalue weighted by Gasteiger charge is 2.16. The van der Waals surface area contributed by atoms with Crippen LogP contribution in [0.25, 0.3) is 10.9 Å². The Hall–Kier alpha value is -2.20. The van der Waals surface area contributed by atoms with Gasteiger partial charge in [0.25, 0.3) is 0 Å². The molecule has 0 amide bonds. The average Bonchev–Trinajstić information content (AvgIpc) is 2.86. The zero-order chi connectivity index (χ0) is 14.8. The van der Waals surface area contributed by atoms with Crippen molar-refractivity contribution in [2.45, 2.75) is 19.9 Å². The molecule has 1 aromatic carbocycles. The summed E-state index contributed by atoms with van der Waals surface area (Å²) in [5.74, 6) is -0.0473. The van der Waals surface area contributed by atoms with Crippen LogP contribution in [0.2, 0.25) is 5.02 Å². The van der Waals surface area contributed by atoms with Crippen molar-refractivity contribution >= 4 is 28.3 Å². The largest absolute Gasteiger partial charge is 0.294 e. The third-order valence-corrected chi connectivity index (χ3v) is 3.74. The van der Waals surface area contributed by atoms with E-state index in [1.807, 2.05) is 35.9 Å². The number of pyridine rings is 1. The first-order valence-electron chi connectivity index (χ1n) is 6.78. The number of benzene rings is 1. The molecular weight excluding hydrogens is 286 g/mol. The smallest absolute Gasteiger partial charge is 0.170 e. The van der Waals surface area contributed by atoms with Crippen LogP contribution in [0, 0.1) is 0 Å². The number of halogens is 1. The summed E-state index contributed by atoms with van der Waals surface area (Å²) in [7, 11) is 0. The van der Waals surface area contributed by atoms with Crippen molar-refractivity contribution < 1.29 is 4.79 Å². The molecule has 0 aliphatic rings. The molecule has 21 heavy (non-hydrogen) atoms. The Morgan fingerprint density at radius 3 is 2.86 bits per heavy atom. The van der Waals surface area contributed by atoms with E-state index < -0.39 is 0 Å². The lowest BCUT2D eigenvalue weighted by molar-refractivity contribution is 0.0992. The number of Topliss-reactive ketones (excluding diaryl/α,β-unsaturated/α-hetero) is 1. The van der Waals surface area contributed by atoms with Gasteiger partial charge in [0.05, 0.1) is 22.7 Å². The first-order chi connectivity index (χ1) is 10.2. The van der Waals surface area contributed by atoms with E-state index in [1.54, 1.807) is 12.3 Å². The van der Waals surface area contributed by atoms with E-state index in [1.165, 1.54) is 6.20 Å². The van der Waals surface area contributed by atoms with Crippen LogP contribution in [0.5, 0.6) is 0 Å². The van der Waals surface area contributed by atoms with E-state index in [2.05, 4.69) is 10.1 Å². The highest BCUT2D eigenvalue weighted by atomic mass is 35.5. The van der Waals surface area contributed by atoms with Gasteiger partial charge in [-0.25, -0.2) is 0 Å².